The summed E-state index contributed by atoms with van der Waals surface area (Å²) in [5.41, 5.74) is 3.03. The van der Waals surface area contributed by atoms with Gasteiger partial charge in [0.05, 0.1) is 6.04 Å². The lowest BCUT2D eigenvalue weighted by Crippen LogP contribution is -2.88. The molecule has 0 spiro atoms. The van der Waals surface area contributed by atoms with Crippen LogP contribution in [0.3, 0.4) is 0 Å². The van der Waals surface area contributed by atoms with Crippen LogP contribution in [-0.2, 0) is 11.3 Å². The Morgan fingerprint density at radius 2 is 1.81 bits per heavy atom. The number of nitrogens with two attached hydrogens (primary N) is 1. The lowest BCUT2D eigenvalue weighted by molar-refractivity contribution is -0.706. The Hall–Kier alpha value is -2.33. The molecule has 3 rings (SSSR count). The highest BCUT2D eigenvalue weighted by atomic mass is 16.5. The zero-order chi connectivity index (χ0) is 18.2. The highest BCUT2D eigenvalue weighted by molar-refractivity contribution is 5.92. The minimum absolute atomic E-state index is 0.0226. The molecule has 4 heteroatoms. The maximum absolute atomic E-state index is 12.2. The molecule has 1 aliphatic rings. The third-order valence-corrected chi connectivity index (χ3v) is 5.07. The second-order valence-corrected chi connectivity index (χ2v) is 7.10. The summed E-state index contributed by atoms with van der Waals surface area (Å²) in [5, 5.41) is 5.34. The van der Waals surface area contributed by atoms with Crippen molar-refractivity contribution >= 4 is 11.6 Å². The first-order chi connectivity index (χ1) is 12.7. The summed E-state index contributed by atoms with van der Waals surface area (Å²) in [7, 11) is 0. The van der Waals surface area contributed by atoms with E-state index in [0.29, 0.717) is 0 Å². The Morgan fingerprint density at radius 3 is 2.62 bits per heavy atom. The van der Waals surface area contributed by atoms with Crippen molar-refractivity contribution in [3.8, 4) is 5.75 Å². The summed E-state index contributed by atoms with van der Waals surface area (Å²) < 4.78 is 5.82. The number of hydrogen-bond acceptors (Lipinski definition) is 2. The molecule has 0 unspecified atom stereocenters. The molecule has 0 radical (unpaired) electrons. The van der Waals surface area contributed by atoms with Gasteiger partial charge in [-0.1, -0.05) is 36.8 Å². The quantitative estimate of drug-likeness (QED) is 0.801. The minimum atomic E-state index is -0.134. The van der Waals surface area contributed by atoms with Crippen molar-refractivity contribution in [3.05, 3.63) is 59.7 Å². The summed E-state index contributed by atoms with van der Waals surface area (Å²) in [6, 6.07) is 16.5. The Balaban J connectivity index is 1.52. The van der Waals surface area contributed by atoms with Gasteiger partial charge in [0.1, 0.15) is 12.3 Å². The zero-order valence-electron chi connectivity index (χ0n) is 15.5. The molecule has 1 amide bonds. The van der Waals surface area contributed by atoms with Gasteiger partial charge in [-0.25, -0.2) is 0 Å². The fourth-order valence-corrected chi connectivity index (χ4v) is 3.52. The number of benzene rings is 2. The molecule has 1 fully saturated rings. The van der Waals surface area contributed by atoms with Crippen LogP contribution in [0.2, 0.25) is 0 Å². The van der Waals surface area contributed by atoms with Crippen LogP contribution in [0.25, 0.3) is 0 Å². The number of ether oxygens (including phenoxy) is 1. The average molecular weight is 353 g/mol. The Labute approximate surface area is 156 Å². The molecule has 1 saturated carbocycles. The number of amides is 1. The van der Waals surface area contributed by atoms with Crippen LogP contribution in [0.1, 0.15) is 43.2 Å². The van der Waals surface area contributed by atoms with Gasteiger partial charge in [-0.05, 0) is 56.4 Å². The van der Waals surface area contributed by atoms with E-state index >= 15 is 0 Å². The molecule has 2 aromatic carbocycles. The normalized spacial score (nSPS) is 14.8. The maximum atomic E-state index is 12.2. The van der Waals surface area contributed by atoms with Gasteiger partial charge in [-0.2, -0.15) is 0 Å². The molecule has 0 bridgehead atoms. The standard InChI is InChI=1S/C22H28N2O2/c1-17-9-5-7-13-20(17)24-22(25)16-26-21-14-8-6-10-18(21)15-23-19-11-3-2-4-12-19/h5-10,13-14,19,23H,2-4,11-12,15-16H2,1H3,(H,24,25)/p+1. The predicted octanol–water partition coefficient (Wildman–Crippen LogP) is 3.41. The monoisotopic (exact) mass is 353 g/mol. The van der Waals surface area contributed by atoms with Crippen molar-refractivity contribution in [2.45, 2.75) is 51.6 Å². The van der Waals surface area contributed by atoms with Gasteiger partial charge in [0.25, 0.3) is 5.91 Å². The topological polar surface area (TPSA) is 54.9 Å². The summed E-state index contributed by atoms with van der Waals surface area (Å²) in [6.07, 6.45) is 6.68. The first-order valence-corrected chi connectivity index (χ1v) is 9.62. The van der Waals surface area contributed by atoms with E-state index in [9.17, 15) is 4.79 Å². The van der Waals surface area contributed by atoms with E-state index in [-0.39, 0.29) is 12.5 Å². The highest BCUT2D eigenvalue weighted by Crippen LogP contribution is 2.19. The van der Waals surface area contributed by atoms with Gasteiger partial charge in [0.2, 0.25) is 0 Å². The molecule has 0 saturated heterocycles. The molecule has 0 aliphatic heterocycles. The van der Waals surface area contributed by atoms with E-state index in [2.05, 4.69) is 16.7 Å². The van der Waals surface area contributed by atoms with E-state index in [4.69, 9.17) is 4.74 Å². The fourth-order valence-electron chi connectivity index (χ4n) is 3.52. The van der Waals surface area contributed by atoms with Crippen molar-refractivity contribution in [2.24, 2.45) is 0 Å². The number of quaternary nitrogens is 1. The third-order valence-electron chi connectivity index (χ3n) is 5.07. The maximum Gasteiger partial charge on any atom is 0.262 e. The van der Waals surface area contributed by atoms with Gasteiger partial charge in [-0.3, -0.25) is 4.79 Å². The first-order valence-electron chi connectivity index (χ1n) is 9.62. The fraction of sp³-hybridized carbons (Fsp3) is 0.409. The van der Waals surface area contributed by atoms with E-state index in [1.54, 1.807) is 0 Å². The Bertz CT molecular complexity index is 724. The zero-order valence-corrected chi connectivity index (χ0v) is 15.5. The first kappa shape index (κ1) is 18.5. The number of carbonyl (C=O) groups is 1. The number of para-hydroxylation sites is 2. The number of nitrogens with one attached hydrogen (secondary N) is 1. The SMILES string of the molecule is Cc1ccccc1NC(=O)COc1ccccc1C[NH2+]C1CCCCC1. The van der Waals surface area contributed by atoms with E-state index in [1.165, 1.54) is 32.1 Å². The molecule has 4 nitrogen and oxygen atoms in total. The van der Waals surface area contributed by atoms with Crippen molar-refractivity contribution in [2.75, 3.05) is 11.9 Å². The molecule has 0 atom stereocenters. The Kier molecular flexibility index (Phi) is 6.67. The highest BCUT2D eigenvalue weighted by Gasteiger charge is 2.17. The van der Waals surface area contributed by atoms with Crippen LogP contribution in [-0.4, -0.2) is 18.6 Å². The van der Waals surface area contributed by atoms with Crippen LogP contribution < -0.4 is 15.4 Å². The molecule has 0 aromatic heterocycles. The van der Waals surface area contributed by atoms with Crippen molar-refractivity contribution in [1.29, 1.82) is 0 Å². The lowest BCUT2D eigenvalue weighted by atomic mass is 9.95. The van der Waals surface area contributed by atoms with Crippen LogP contribution in [0, 0.1) is 6.92 Å². The Morgan fingerprint density at radius 1 is 1.08 bits per heavy atom. The number of aryl methyl sites for hydroxylation is 1. The summed E-state index contributed by atoms with van der Waals surface area (Å²) in [4.78, 5) is 12.2. The van der Waals surface area contributed by atoms with Gasteiger partial charge in [0.15, 0.2) is 6.61 Å². The molecule has 26 heavy (non-hydrogen) atoms. The van der Waals surface area contributed by atoms with Gasteiger partial charge < -0.3 is 15.4 Å². The summed E-state index contributed by atoms with van der Waals surface area (Å²) in [6.45, 7) is 2.90. The van der Waals surface area contributed by atoms with Crippen LogP contribution >= 0.6 is 0 Å². The van der Waals surface area contributed by atoms with Crippen LogP contribution in [0.4, 0.5) is 5.69 Å². The van der Waals surface area contributed by atoms with Crippen LogP contribution in [0.15, 0.2) is 48.5 Å². The number of carbonyl (C=O) groups excluding carboxylic acids is 1. The molecule has 0 heterocycles. The van der Waals surface area contributed by atoms with E-state index in [0.717, 1.165) is 35.2 Å². The van der Waals surface area contributed by atoms with Crippen molar-refractivity contribution in [3.63, 3.8) is 0 Å². The van der Waals surface area contributed by atoms with E-state index < -0.39 is 0 Å². The molecular formula is C22H29N2O2+. The van der Waals surface area contributed by atoms with Crippen molar-refractivity contribution < 1.29 is 14.8 Å². The smallest absolute Gasteiger partial charge is 0.262 e. The van der Waals surface area contributed by atoms with Gasteiger partial charge in [-0.15, -0.1) is 0 Å². The minimum Gasteiger partial charge on any atom is -0.483 e. The van der Waals surface area contributed by atoms with Gasteiger partial charge in [0, 0.05) is 11.3 Å². The van der Waals surface area contributed by atoms with Crippen molar-refractivity contribution in [1.82, 2.24) is 0 Å². The lowest BCUT2D eigenvalue weighted by Gasteiger charge is -2.20. The second-order valence-electron chi connectivity index (χ2n) is 7.10. The molecule has 3 N–H and O–H groups in total. The van der Waals surface area contributed by atoms with Crippen LogP contribution in [0.5, 0.6) is 5.75 Å². The number of rotatable bonds is 7. The molecule has 2 aromatic rings. The predicted molar refractivity (Wildman–Crippen MR) is 104 cm³/mol. The molecular weight excluding hydrogens is 324 g/mol. The molecule has 1 aliphatic carbocycles. The number of hydrogen-bond donors (Lipinski definition) is 2. The third kappa shape index (κ3) is 5.33. The summed E-state index contributed by atoms with van der Waals surface area (Å²) in [5.74, 6) is 0.671. The average Bonchev–Trinajstić information content (AvgIpc) is 2.68. The summed E-state index contributed by atoms with van der Waals surface area (Å²) >= 11 is 0. The largest absolute Gasteiger partial charge is 0.483 e. The second kappa shape index (κ2) is 9.39. The number of anilines is 1. The molecule has 138 valence electrons. The van der Waals surface area contributed by atoms with E-state index in [1.807, 2.05) is 49.4 Å². The van der Waals surface area contributed by atoms with Gasteiger partial charge >= 0.3 is 0 Å².